The van der Waals surface area contributed by atoms with E-state index in [1.54, 1.807) is 0 Å². The van der Waals surface area contributed by atoms with Gasteiger partial charge in [0, 0.05) is 6.54 Å². The second-order valence-electron chi connectivity index (χ2n) is 7.03. The molecule has 4 bridgehead atoms. The van der Waals surface area contributed by atoms with E-state index in [0.29, 0.717) is 24.3 Å². The molecule has 0 heterocycles. The first kappa shape index (κ1) is 14.4. The van der Waals surface area contributed by atoms with Gasteiger partial charge in [-0.3, -0.25) is 9.59 Å². The fourth-order valence-electron chi connectivity index (χ4n) is 4.95. The summed E-state index contributed by atoms with van der Waals surface area (Å²) in [5, 5.41) is 11.0. The quantitative estimate of drug-likeness (QED) is 0.618. The number of esters is 1. The fraction of sp³-hybridized carbons (Fsp3) is 0.812. The first-order valence-corrected chi connectivity index (χ1v) is 7.92. The van der Waals surface area contributed by atoms with Crippen molar-refractivity contribution in [2.24, 2.45) is 23.2 Å². The van der Waals surface area contributed by atoms with Crippen molar-refractivity contribution in [3.8, 4) is 6.07 Å². The minimum absolute atomic E-state index is 0.169. The maximum atomic E-state index is 12.5. The van der Waals surface area contributed by atoms with E-state index in [2.05, 4.69) is 5.32 Å². The molecule has 4 aliphatic rings. The Morgan fingerprint density at radius 1 is 1.14 bits per heavy atom. The number of hydrogen-bond donors (Lipinski definition) is 1. The van der Waals surface area contributed by atoms with Crippen LogP contribution in [0.15, 0.2) is 0 Å². The van der Waals surface area contributed by atoms with Gasteiger partial charge in [0.1, 0.15) is 0 Å². The number of rotatable bonds is 5. The fourth-order valence-corrected chi connectivity index (χ4v) is 4.95. The van der Waals surface area contributed by atoms with E-state index in [9.17, 15) is 9.59 Å². The molecular formula is C16H22N2O3. The van der Waals surface area contributed by atoms with E-state index < -0.39 is 0 Å². The van der Waals surface area contributed by atoms with Gasteiger partial charge in [-0.25, -0.2) is 0 Å². The summed E-state index contributed by atoms with van der Waals surface area (Å²) in [6.45, 7) is 0.0935. The lowest BCUT2D eigenvalue weighted by molar-refractivity contribution is -0.173. The van der Waals surface area contributed by atoms with E-state index in [1.165, 1.54) is 19.3 Å². The SMILES string of the molecule is N#CCCNC(=O)COC(=O)C12CC3CC(CC(C3)C1)C2. The average Bonchev–Trinajstić information content (AvgIpc) is 2.43. The molecule has 0 atom stereocenters. The summed E-state index contributed by atoms with van der Waals surface area (Å²) >= 11 is 0. The molecule has 4 aliphatic carbocycles. The minimum Gasteiger partial charge on any atom is -0.455 e. The van der Waals surface area contributed by atoms with E-state index in [-0.39, 0.29) is 30.3 Å². The maximum Gasteiger partial charge on any atom is 0.312 e. The third-order valence-corrected chi connectivity index (χ3v) is 5.36. The summed E-state index contributed by atoms with van der Waals surface area (Å²) in [6.07, 6.45) is 6.97. The predicted octanol–water partition coefficient (Wildman–Crippen LogP) is 1.78. The lowest BCUT2D eigenvalue weighted by atomic mass is 9.49. The van der Waals surface area contributed by atoms with Crippen LogP contribution >= 0.6 is 0 Å². The molecule has 0 aromatic carbocycles. The molecule has 4 rings (SSSR count). The standard InChI is InChI=1S/C16H22N2O3/c17-2-1-3-18-14(19)10-21-15(20)16-7-11-4-12(8-16)6-13(5-11)9-16/h11-13H,1,3-10H2,(H,18,19). The number of nitriles is 1. The van der Waals surface area contributed by atoms with E-state index in [4.69, 9.17) is 10.00 Å². The van der Waals surface area contributed by atoms with Crippen molar-refractivity contribution in [1.82, 2.24) is 5.32 Å². The van der Waals surface area contributed by atoms with Crippen LogP contribution in [-0.4, -0.2) is 25.0 Å². The van der Waals surface area contributed by atoms with E-state index in [0.717, 1.165) is 19.3 Å². The molecule has 0 radical (unpaired) electrons. The van der Waals surface area contributed by atoms with Crippen LogP contribution in [0.4, 0.5) is 0 Å². The van der Waals surface area contributed by atoms with Crippen LogP contribution in [-0.2, 0) is 14.3 Å². The first-order valence-electron chi connectivity index (χ1n) is 7.92. The topological polar surface area (TPSA) is 79.2 Å². The molecule has 21 heavy (non-hydrogen) atoms. The van der Waals surface area contributed by atoms with Crippen molar-refractivity contribution in [3.63, 3.8) is 0 Å². The molecule has 0 aliphatic heterocycles. The van der Waals surface area contributed by atoms with Gasteiger partial charge in [0.05, 0.1) is 17.9 Å². The van der Waals surface area contributed by atoms with Crippen molar-refractivity contribution >= 4 is 11.9 Å². The molecule has 0 unspecified atom stereocenters. The molecule has 5 heteroatoms. The molecule has 4 saturated carbocycles. The summed E-state index contributed by atoms with van der Waals surface area (Å²) in [5.74, 6) is 1.58. The van der Waals surface area contributed by atoms with Crippen molar-refractivity contribution in [3.05, 3.63) is 0 Å². The third-order valence-electron chi connectivity index (χ3n) is 5.36. The van der Waals surface area contributed by atoms with Crippen LogP contribution in [0.25, 0.3) is 0 Å². The Morgan fingerprint density at radius 2 is 1.71 bits per heavy atom. The maximum absolute atomic E-state index is 12.5. The Labute approximate surface area is 125 Å². The zero-order valence-electron chi connectivity index (χ0n) is 12.3. The first-order chi connectivity index (χ1) is 10.1. The molecule has 0 saturated heterocycles. The van der Waals surface area contributed by atoms with Crippen LogP contribution < -0.4 is 5.32 Å². The number of hydrogen-bond acceptors (Lipinski definition) is 4. The van der Waals surface area contributed by atoms with Crippen molar-refractivity contribution in [2.75, 3.05) is 13.2 Å². The number of nitrogens with one attached hydrogen (secondary N) is 1. The normalized spacial score (nSPS) is 36.0. The van der Waals surface area contributed by atoms with Crippen molar-refractivity contribution in [2.45, 2.75) is 44.9 Å². The van der Waals surface area contributed by atoms with Crippen molar-refractivity contribution < 1.29 is 14.3 Å². The summed E-state index contributed by atoms with van der Waals surface area (Å²) < 4.78 is 5.29. The van der Waals surface area contributed by atoms with Crippen molar-refractivity contribution in [1.29, 1.82) is 5.26 Å². The van der Waals surface area contributed by atoms with E-state index in [1.807, 2.05) is 6.07 Å². The Kier molecular flexibility index (Phi) is 3.88. The van der Waals surface area contributed by atoms with Gasteiger partial charge >= 0.3 is 5.97 Å². The molecule has 0 spiro atoms. The highest BCUT2D eigenvalue weighted by atomic mass is 16.5. The van der Waals surface area contributed by atoms with Crippen LogP contribution in [0, 0.1) is 34.5 Å². The number of amides is 1. The van der Waals surface area contributed by atoms with Crippen LogP contribution in [0.1, 0.15) is 44.9 Å². The largest absolute Gasteiger partial charge is 0.455 e. The number of nitrogens with zero attached hydrogens (tertiary/aromatic N) is 1. The zero-order valence-corrected chi connectivity index (χ0v) is 12.3. The molecule has 1 N–H and O–H groups in total. The highest BCUT2D eigenvalue weighted by Crippen LogP contribution is 2.60. The summed E-state index contributed by atoms with van der Waals surface area (Å²) in [6, 6.07) is 1.95. The minimum atomic E-state index is -0.316. The lowest BCUT2D eigenvalue weighted by Crippen LogP contribution is -2.51. The summed E-state index contributed by atoms with van der Waals surface area (Å²) in [4.78, 5) is 24.0. The van der Waals surface area contributed by atoms with E-state index >= 15 is 0 Å². The number of ether oxygens (including phenoxy) is 1. The smallest absolute Gasteiger partial charge is 0.312 e. The molecule has 114 valence electrons. The molecule has 5 nitrogen and oxygen atoms in total. The highest BCUT2D eigenvalue weighted by Gasteiger charge is 2.55. The molecule has 4 fully saturated rings. The number of carbonyl (C=O) groups is 2. The van der Waals surface area contributed by atoms with Crippen LogP contribution in [0.5, 0.6) is 0 Å². The Bertz CT molecular complexity index is 445. The second-order valence-corrected chi connectivity index (χ2v) is 7.03. The molecular weight excluding hydrogens is 268 g/mol. The molecule has 0 aromatic rings. The second kappa shape index (κ2) is 5.67. The summed E-state index contributed by atoms with van der Waals surface area (Å²) in [5.41, 5.74) is -0.304. The average molecular weight is 290 g/mol. The Balaban J connectivity index is 1.52. The van der Waals surface area contributed by atoms with Gasteiger partial charge in [-0.05, 0) is 56.3 Å². The van der Waals surface area contributed by atoms with Gasteiger partial charge in [0.2, 0.25) is 0 Å². The third kappa shape index (κ3) is 2.90. The highest BCUT2D eigenvalue weighted by molar-refractivity contribution is 5.83. The monoisotopic (exact) mass is 290 g/mol. The van der Waals surface area contributed by atoms with Crippen LogP contribution in [0.3, 0.4) is 0 Å². The van der Waals surface area contributed by atoms with Crippen LogP contribution in [0.2, 0.25) is 0 Å². The van der Waals surface area contributed by atoms with Gasteiger partial charge in [0.25, 0.3) is 5.91 Å². The van der Waals surface area contributed by atoms with Gasteiger partial charge in [0.15, 0.2) is 6.61 Å². The van der Waals surface area contributed by atoms with Gasteiger partial charge in [-0.1, -0.05) is 0 Å². The lowest BCUT2D eigenvalue weighted by Gasteiger charge is -2.55. The Morgan fingerprint density at radius 3 is 2.24 bits per heavy atom. The van der Waals surface area contributed by atoms with Gasteiger partial charge in [-0.15, -0.1) is 0 Å². The molecule has 0 aromatic heterocycles. The van der Waals surface area contributed by atoms with Gasteiger partial charge < -0.3 is 10.1 Å². The zero-order chi connectivity index (χ0) is 14.9. The summed E-state index contributed by atoms with van der Waals surface area (Å²) in [7, 11) is 0. The molecule has 1 amide bonds. The number of carbonyl (C=O) groups excluding carboxylic acids is 2. The predicted molar refractivity (Wildman–Crippen MR) is 74.8 cm³/mol. The van der Waals surface area contributed by atoms with Gasteiger partial charge in [-0.2, -0.15) is 5.26 Å². The Hall–Kier alpha value is -1.57.